The summed E-state index contributed by atoms with van der Waals surface area (Å²) in [6.45, 7) is 0. The fourth-order valence-electron chi connectivity index (χ4n) is 2.46. The molecule has 0 aliphatic carbocycles. The Morgan fingerprint density at radius 2 is 1.91 bits per heavy atom. The zero-order chi connectivity index (χ0) is 15.7. The van der Waals surface area contributed by atoms with Gasteiger partial charge in [0.1, 0.15) is 5.69 Å². The van der Waals surface area contributed by atoms with Crippen LogP contribution >= 0.6 is 0 Å². The molecule has 1 aromatic heterocycles. The molecule has 0 spiro atoms. The topological polar surface area (TPSA) is 85.2 Å². The van der Waals surface area contributed by atoms with E-state index in [2.05, 4.69) is 4.98 Å². The number of carbonyl (C=O) groups excluding carboxylic acids is 1. The molecule has 0 atom stereocenters. The third-order valence-electron chi connectivity index (χ3n) is 3.44. The average molecular weight is 296 g/mol. The van der Waals surface area contributed by atoms with Gasteiger partial charge in [0, 0.05) is 23.1 Å². The highest BCUT2D eigenvalue weighted by molar-refractivity contribution is 6.08. The molecule has 0 fully saturated rings. The summed E-state index contributed by atoms with van der Waals surface area (Å²) < 4.78 is 4.80. The lowest BCUT2D eigenvalue weighted by Gasteiger charge is -2.03. The highest BCUT2D eigenvalue weighted by atomic mass is 16.6. The number of hydrogen-bond donors (Lipinski definition) is 1. The predicted molar refractivity (Wildman–Crippen MR) is 81.7 cm³/mol. The van der Waals surface area contributed by atoms with Gasteiger partial charge in [-0.1, -0.05) is 30.3 Å². The second-order valence-corrected chi connectivity index (χ2v) is 4.72. The van der Waals surface area contributed by atoms with E-state index in [-0.39, 0.29) is 11.4 Å². The van der Waals surface area contributed by atoms with Crippen LogP contribution in [0.2, 0.25) is 0 Å². The number of ether oxygens (including phenoxy) is 1. The molecule has 1 N–H and O–H groups in total. The second kappa shape index (κ2) is 5.33. The third-order valence-corrected chi connectivity index (χ3v) is 3.44. The fourth-order valence-corrected chi connectivity index (χ4v) is 2.46. The van der Waals surface area contributed by atoms with E-state index in [0.717, 1.165) is 10.9 Å². The number of aromatic nitrogens is 1. The van der Waals surface area contributed by atoms with Crippen LogP contribution in [0.15, 0.2) is 48.5 Å². The summed E-state index contributed by atoms with van der Waals surface area (Å²) in [6.07, 6.45) is 0. The predicted octanol–water partition coefficient (Wildman–Crippen LogP) is 3.53. The van der Waals surface area contributed by atoms with Gasteiger partial charge in [-0.15, -0.1) is 0 Å². The van der Waals surface area contributed by atoms with E-state index in [1.807, 2.05) is 30.3 Å². The standard InChI is InChI=1S/C16H12N2O4/c1-22-16(19)15-14(10-5-3-2-4-6-10)12-8-7-11(18(20)21)9-13(12)17-15/h2-9,17H,1H3. The first-order valence-electron chi connectivity index (χ1n) is 6.55. The number of H-pyrrole nitrogens is 1. The number of nitro groups is 1. The van der Waals surface area contributed by atoms with Crippen molar-refractivity contribution in [2.75, 3.05) is 7.11 Å². The molecule has 3 rings (SSSR count). The van der Waals surface area contributed by atoms with E-state index in [1.165, 1.54) is 19.2 Å². The van der Waals surface area contributed by atoms with Gasteiger partial charge in [0.15, 0.2) is 0 Å². The smallest absolute Gasteiger partial charge is 0.355 e. The van der Waals surface area contributed by atoms with E-state index in [4.69, 9.17) is 4.74 Å². The molecule has 0 aliphatic rings. The van der Waals surface area contributed by atoms with Gasteiger partial charge in [0.2, 0.25) is 0 Å². The highest BCUT2D eigenvalue weighted by Crippen LogP contribution is 2.34. The Kier molecular flexibility index (Phi) is 3.34. The van der Waals surface area contributed by atoms with Crippen LogP contribution in [0.3, 0.4) is 0 Å². The molecule has 2 aromatic carbocycles. The SMILES string of the molecule is COC(=O)c1[nH]c2cc([N+](=O)[O-])ccc2c1-c1ccccc1. The summed E-state index contributed by atoms with van der Waals surface area (Å²) in [5, 5.41) is 11.6. The largest absolute Gasteiger partial charge is 0.464 e. The molecule has 6 heteroatoms. The molecule has 0 aliphatic heterocycles. The van der Waals surface area contributed by atoms with Crippen molar-refractivity contribution in [3.8, 4) is 11.1 Å². The molecule has 3 aromatic rings. The number of hydrogen-bond acceptors (Lipinski definition) is 4. The molecular formula is C16H12N2O4. The fraction of sp³-hybridized carbons (Fsp3) is 0.0625. The lowest BCUT2D eigenvalue weighted by atomic mass is 10.0. The van der Waals surface area contributed by atoms with Crippen molar-refractivity contribution >= 4 is 22.6 Å². The zero-order valence-electron chi connectivity index (χ0n) is 11.7. The van der Waals surface area contributed by atoms with Crippen LogP contribution in [0.5, 0.6) is 0 Å². The van der Waals surface area contributed by atoms with Crippen molar-refractivity contribution in [1.29, 1.82) is 0 Å². The Balaban J connectivity index is 2.32. The minimum absolute atomic E-state index is 0.0372. The maximum Gasteiger partial charge on any atom is 0.355 e. The van der Waals surface area contributed by atoms with Gasteiger partial charge >= 0.3 is 5.97 Å². The minimum Gasteiger partial charge on any atom is -0.464 e. The van der Waals surface area contributed by atoms with Gasteiger partial charge in [0.05, 0.1) is 17.5 Å². The van der Waals surface area contributed by atoms with Crippen LogP contribution in [-0.4, -0.2) is 23.0 Å². The van der Waals surface area contributed by atoms with Crippen molar-refractivity contribution in [2.45, 2.75) is 0 Å². The first-order valence-corrected chi connectivity index (χ1v) is 6.55. The molecule has 0 saturated heterocycles. The van der Waals surface area contributed by atoms with Crippen LogP contribution in [-0.2, 0) is 4.74 Å². The monoisotopic (exact) mass is 296 g/mol. The van der Waals surface area contributed by atoms with Gasteiger partial charge in [-0.3, -0.25) is 10.1 Å². The Morgan fingerprint density at radius 3 is 2.55 bits per heavy atom. The van der Waals surface area contributed by atoms with E-state index < -0.39 is 10.9 Å². The summed E-state index contributed by atoms with van der Waals surface area (Å²) in [5.74, 6) is -0.516. The van der Waals surface area contributed by atoms with Gasteiger partial charge in [0.25, 0.3) is 5.69 Å². The lowest BCUT2D eigenvalue weighted by Crippen LogP contribution is -2.03. The number of nitro benzene ring substituents is 1. The zero-order valence-corrected chi connectivity index (χ0v) is 11.7. The number of nitrogens with zero attached hydrogens (tertiary/aromatic N) is 1. The van der Waals surface area contributed by atoms with Gasteiger partial charge in [-0.25, -0.2) is 4.79 Å². The molecule has 110 valence electrons. The van der Waals surface area contributed by atoms with E-state index >= 15 is 0 Å². The average Bonchev–Trinajstić information content (AvgIpc) is 2.93. The van der Waals surface area contributed by atoms with Crippen LogP contribution in [0.1, 0.15) is 10.5 Å². The van der Waals surface area contributed by atoms with Gasteiger partial charge in [-0.05, 0) is 11.6 Å². The van der Waals surface area contributed by atoms with Crippen LogP contribution < -0.4 is 0 Å². The van der Waals surface area contributed by atoms with Gasteiger partial charge in [-0.2, -0.15) is 0 Å². The van der Waals surface area contributed by atoms with E-state index in [0.29, 0.717) is 11.1 Å². The number of carbonyl (C=O) groups is 1. The summed E-state index contributed by atoms with van der Waals surface area (Å²) >= 11 is 0. The maximum absolute atomic E-state index is 12.0. The van der Waals surface area contributed by atoms with Crippen molar-refractivity contribution in [3.05, 3.63) is 64.3 Å². The van der Waals surface area contributed by atoms with Crippen molar-refractivity contribution < 1.29 is 14.5 Å². The normalized spacial score (nSPS) is 10.6. The summed E-state index contributed by atoms with van der Waals surface area (Å²) in [5.41, 5.74) is 2.28. The summed E-state index contributed by atoms with van der Waals surface area (Å²) in [6, 6.07) is 13.8. The number of rotatable bonds is 3. The van der Waals surface area contributed by atoms with Crippen LogP contribution in [0.25, 0.3) is 22.0 Å². The summed E-state index contributed by atoms with van der Waals surface area (Å²) in [4.78, 5) is 25.4. The maximum atomic E-state index is 12.0. The minimum atomic E-state index is -0.516. The second-order valence-electron chi connectivity index (χ2n) is 4.72. The number of nitrogens with one attached hydrogen (secondary N) is 1. The molecule has 6 nitrogen and oxygen atoms in total. The molecule has 22 heavy (non-hydrogen) atoms. The first-order chi connectivity index (χ1) is 10.6. The summed E-state index contributed by atoms with van der Waals surface area (Å²) in [7, 11) is 1.30. The quantitative estimate of drug-likeness (QED) is 0.455. The number of esters is 1. The first kappa shape index (κ1) is 13.8. The molecule has 0 amide bonds. The number of fused-ring (bicyclic) bond motifs is 1. The lowest BCUT2D eigenvalue weighted by molar-refractivity contribution is -0.384. The molecular weight excluding hydrogens is 284 g/mol. The molecule has 1 heterocycles. The van der Waals surface area contributed by atoms with E-state index in [9.17, 15) is 14.9 Å². The van der Waals surface area contributed by atoms with Crippen LogP contribution in [0, 0.1) is 10.1 Å². The van der Waals surface area contributed by atoms with Crippen LogP contribution in [0.4, 0.5) is 5.69 Å². The molecule has 0 bridgehead atoms. The van der Waals surface area contributed by atoms with Crippen molar-refractivity contribution in [2.24, 2.45) is 0 Å². The van der Waals surface area contributed by atoms with Gasteiger partial charge < -0.3 is 9.72 Å². The molecule has 0 radical (unpaired) electrons. The third kappa shape index (κ3) is 2.20. The number of non-ortho nitro benzene ring substituents is 1. The number of methoxy groups -OCH3 is 1. The Hall–Kier alpha value is -3.15. The van der Waals surface area contributed by atoms with Crippen molar-refractivity contribution in [1.82, 2.24) is 4.98 Å². The Morgan fingerprint density at radius 1 is 1.18 bits per heavy atom. The Labute approximate surface area is 125 Å². The van der Waals surface area contributed by atoms with E-state index in [1.54, 1.807) is 6.07 Å². The van der Waals surface area contributed by atoms with Crippen molar-refractivity contribution in [3.63, 3.8) is 0 Å². The Bertz CT molecular complexity index is 868. The molecule has 0 saturated carbocycles. The highest BCUT2D eigenvalue weighted by Gasteiger charge is 2.21. The number of aromatic amines is 1. The number of benzene rings is 2. The molecule has 0 unspecified atom stereocenters.